The van der Waals surface area contributed by atoms with Crippen LogP contribution in [0.4, 0.5) is 0 Å². The zero-order valence-corrected chi connectivity index (χ0v) is 12.7. The number of rotatable bonds is 3. The molecule has 2 atom stereocenters. The highest BCUT2D eigenvalue weighted by Crippen LogP contribution is 2.31. The van der Waals surface area contributed by atoms with Gasteiger partial charge < -0.3 is 5.73 Å². The number of aryl methyl sites for hydroxylation is 2. The molecule has 1 aromatic rings. The Kier molecular flexibility index (Phi) is 3.60. The minimum Gasteiger partial charge on any atom is -0.329 e. The van der Waals surface area contributed by atoms with E-state index in [9.17, 15) is 8.42 Å². The SMILES string of the molecule is CC1CCN(S(=O)(=O)c2ccc3c(c2)CCC3)C1CN. The smallest absolute Gasteiger partial charge is 0.243 e. The summed E-state index contributed by atoms with van der Waals surface area (Å²) in [6.45, 7) is 3.06. The van der Waals surface area contributed by atoms with Gasteiger partial charge in [-0.3, -0.25) is 0 Å². The lowest BCUT2D eigenvalue weighted by Gasteiger charge is -2.25. The van der Waals surface area contributed by atoms with E-state index in [0.29, 0.717) is 23.9 Å². The summed E-state index contributed by atoms with van der Waals surface area (Å²) in [5.74, 6) is 0.337. The van der Waals surface area contributed by atoms with Crippen LogP contribution in [0.3, 0.4) is 0 Å². The summed E-state index contributed by atoms with van der Waals surface area (Å²) in [6, 6.07) is 5.55. The fraction of sp³-hybridized carbons (Fsp3) is 0.600. The van der Waals surface area contributed by atoms with Gasteiger partial charge >= 0.3 is 0 Å². The monoisotopic (exact) mass is 294 g/mol. The summed E-state index contributed by atoms with van der Waals surface area (Å²) < 4.78 is 27.2. The summed E-state index contributed by atoms with van der Waals surface area (Å²) in [5.41, 5.74) is 8.27. The van der Waals surface area contributed by atoms with Gasteiger partial charge in [0.2, 0.25) is 10.0 Å². The number of benzene rings is 1. The van der Waals surface area contributed by atoms with Gasteiger partial charge in [-0.05, 0) is 54.9 Å². The first-order chi connectivity index (χ1) is 9.54. The van der Waals surface area contributed by atoms with E-state index in [2.05, 4.69) is 6.92 Å². The highest BCUT2D eigenvalue weighted by molar-refractivity contribution is 7.89. The van der Waals surface area contributed by atoms with Crippen LogP contribution in [0.5, 0.6) is 0 Å². The topological polar surface area (TPSA) is 63.4 Å². The average Bonchev–Trinajstić information content (AvgIpc) is 3.03. The van der Waals surface area contributed by atoms with Gasteiger partial charge in [0.05, 0.1) is 4.90 Å². The second-order valence-electron chi connectivity index (χ2n) is 5.97. The number of fused-ring (bicyclic) bond motifs is 1. The summed E-state index contributed by atoms with van der Waals surface area (Å²) in [6.07, 6.45) is 4.09. The largest absolute Gasteiger partial charge is 0.329 e. The highest BCUT2D eigenvalue weighted by atomic mass is 32.2. The van der Waals surface area contributed by atoms with E-state index in [4.69, 9.17) is 5.73 Å². The van der Waals surface area contributed by atoms with Gasteiger partial charge in [0.25, 0.3) is 0 Å². The first-order valence-corrected chi connectivity index (χ1v) is 8.82. The van der Waals surface area contributed by atoms with Crippen LogP contribution in [-0.2, 0) is 22.9 Å². The van der Waals surface area contributed by atoms with E-state index >= 15 is 0 Å². The highest BCUT2D eigenvalue weighted by Gasteiger charge is 2.38. The van der Waals surface area contributed by atoms with E-state index < -0.39 is 10.0 Å². The zero-order valence-electron chi connectivity index (χ0n) is 11.9. The minimum atomic E-state index is -3.40. The normalized spacial score (nSPS) is 26.9. The van der Waals surface area contributed by atoms with Gasteiger partial charge in [0, 0.05) is 19.1 Å². The summed E-state index contributed by atoms with van der Waals surface area (Å²) in [5, 5.41) is 0. The molecule has 1 aliphatic carbocycles. The molecule has 0 bridgehead atoms. The maximum atomic E-state index is 12.8. The van der Waals surface area contributed by atoms with Crippen LogP contribution in [-0.4, -0.2) is 31.9 Å². The molecule has 2 aliphatic rings. The van der Waals surface area contributed by atoms with Crippen molar-refractivity contribution < 1.29 is 8.42 Å². The van der Waals surface area contributed by atoms with Gasteiger partial charge in [-0.15, -0.1) is 0 Å². The third-order valence-electron chi connectivity index (χ3n) is 4.75. The van der Waals surface area contributed by atoms with Crippen LogP contribution in [0.2, 0.25) is 0 Å². The first kappa shape index (κ1) is 14.0. The molecule has 0 aromatic heterocycles. The number of nitrogens with zero attached hydrogens (tertiary/aromatic N) is 1. The molecule has 5 heteroatoms. The molecule has 1 aliphatic heterocycles. The molecule has 2 N–H and O–H groups in total. The Balaban J connectivity index is 1.96. The maximum Gasteiger partial charge on any atom is 0.243 e. The molecule has 0 saturated carbocycles. The van der Waals surface area contributed by atoms with Crippen molar-refractivity contribution in [1.82, 2.24) is 4.31 Å². The Morgan fingerprint density at radius 2 is 2.05 bits per heavy atom. The molecule has 1 saturated heterocycles. The number of hydrogen-bond acceptors (Lipinski definition) is 3. The predicted molar refractivity (Wildman–Crippen MR) is 79.0 cm³/mol. The van der Waals surface area contributed by atoms with Crippen molar-refractivity contribution in [1.29, 1.82) is 0 Å². The molecule has 0 amide bonds. The van der Waals surface area contributed by atoms with Crippen molar-refractivity contribution in [2.45, 2.75) is 43.5 Å². The van der Waals surface area contributed by atoms with Gasteiger partial charge in [-0.2, -0.15) is 4.31 Å². The Hall–Kier alpha value is -0.910. The molecular weight excluding hydrogens is 272 g/mol. The molecule has 3 rings (SSSR count). The van der Waals surface area contributed by atoms with Crippen molar-refractivity contribution in [3.8, 4) is 0 Å². The van der Waals surface area contributed by atoms with E-state index in [1.54, 1.807) is 10.4 Å². The molecule has 1 heterocycles. The van der Waals surface area contributed by atoms with Gasteiger partial charge in [-0.25, -0.2) is 8.42 Å². The number of nitrogens with two attached hydrogens (primary N) is 1. The molecular formula is C15H22N2O2S. The molecule has 20 heavy (non-hydrogen) atoms. The third-order valence-corrected chi connectivity index (χ3v) is 6.67. The number of sulfonamides is 1. The fourth-order valence-corrected chi connectivity index (χ4v) is 5.26. The number of hydrogen-bond donors (Lipinski definition) is 1. The second-order valence-corrected chi connectivity index (χ2v) is 7.86. The first-order valence-electron chi connectivity index (χ1n) is 7.38. The Morgan fingerprint density at radius 1 is 1.30 bits per heavy atom. The maximum absolute atomic E-state index is 12.8. The molecule has 4 nitrogen and oxygen atoms in total. The predicted octanol–water partition coefficient (Wildman–Crippen LogP) is 1.53. The zero-order chi connectivity index (χ0) is 14.3. The van der Waals surface area contributed by atoms with Crippen molar-refractivity contribution in [2.24, 2.45) is 11.7 Å². The molecule has 1 aromatic carbocycles. The van der Waals surface area contributed by atoms with Crippen molar-refractivity contribution >= 4 is 10.0 Å². The summed E-state index contributed by atoms with van der Waals surface area (Å²) >= 11 is 0. The van der Waals surface area contributed by atoms with Crippen molar-refractivity contribution in [3.63, 3.8) is 0 Å². The van der Waals surface area contributed by atoms with E-state index in [-0.39, 0.29) is 6.04 Å². The molecule has 1 fully saturated rings. The summed E-state index contributed by atoms with van der Waals surface area (Å²) in [4.78, 5) is 0.436. The van der Waals surface area contributed by atoms with Crippen LogP contribution < -0.4 is 5.73 Å². The van der Waals surface area contributed by atoms with Gasteiger partial charge in [0.15, 0.2) is 0 Å². The average molecular weight is 294 g/mol. The van der Waals surface area contributed by atoms with E-state index in [1.807, 2.05) is 12.1 Å². The van der Waals surface area contributed by atoms with Crippen LogP contribution in [0.25, 0.3) is 0 Å². The molecule has 2 unspecified atom stereocenters. The van der Waals surface area contributed by atoms with Crippen molar-refractivity contribution in [2.75, 3.05) is 13.1 Å². The quantitative estimate of drug-likeness (QED) is 0.919. The lowest BCUT2D eigenvalue weighted by molar-refractivity contribution is 0.354. The molecule has 0 radical (unpaired) electrons. The third kappa shape index (κ3) is 2.18. The summed E-state index contributed by atoms with van der Waals surface area (Å²) in [7, 11) is -3.40. The lowest BCUT2D eigenvalue weighted by Crippen LogP contribution is -2.42. The second kappa shape index (κ2) is 5.13. The molecule has 110 valence electrons. The van der Waals surface area contributed by atoms with Crippen LogP contribution in [0.1, 0.15) is 30.9 Å². The Labute approximate surface area is 121 Å². The Morgan fingerprint density at radius 3 is 2.80 bits per heavy atom. The van der Waals surface area contributed by atoms with Crippen LogP contribution in [0, 0.1) is 5.92 Å². The van der Waals surface area contributed by atoms with E-state index in [1.165, 1.54) is 11.1 Å². The fourth-order valence-electron chi connectivity index (χ4n) is 3.47. The Bertz CT molecular complexity index is 612. The minimum absolute atomic E-state index is 0.0618. The standard InChI is InChI=1S/C15H22N2O2S/c1-11-7-8-17(15(11)10-16)20(18,19)14-6-5-12-3-2-4-13(12)9-14/h5-6,9,11,15H,2-4,7-8,10,16H2,1H3. The van der Waals surface area contributed by atoms with Crippen LogP contribution >= 0.6 is 0 Å². The van der Waals surface area contributed by atoms with Gasteiger partial charge in [0.1, 0.15) is 0 Å². The lowest BCUT2D eigenvalue weighted by atomic mass is 10.0. The van der Waals surface area contributed by atoms with Crippen molar-refractivity contribution in [3.05, 3.63) is 29.3 Å². The van der Waals surface area contributed by atoms with Crippen LogP contribution in [0.15, 0.2) is 23.1 Å². The van der Waals surface area contributed by atoms with Gasteiger partial charge in [-0.1, -0.05) is 13.0 Å². The van der Waals surface area contributed by atoms with E-state index in [0.717, 1.165) is 25.7 Å². The molecule has 0 spiro atoms.